The molecular weight excluding hydrogens is 242 g/mol. The standard InChI is InChI=1S/C15H15NOS/c1-17-12-6-4-5-11(9-12)15-10-16-13-7-2-3-8-14(13)18-15/h2-9,15-16H,10H2,1H3. The second-order valence-electron chi connectivity index (χ2n) is 4.26. The molecule has 2 aromatic carbocycles. The molecule has 3 rings (SSSR count). The number of methoxy groups -OCH3 is 1. The van der Waals surface area contributed by atoms with Gasteiger partial charge in [-0.15, -0.1) is 11.8 Å². The molecule has 1 unspecified atom stereocenters. The van der Waals surface area contributed by atoms with Crippen molar-refractivity contribution in [1.82, 2.24) is 0 Å². The van der Waals surface area contributed by atoms with Crippen LogP contribution in [-0.4, -0.2) is 13.7 Å². The van der Waals surface area contributed by atoms with Gasteiger partial charge in [-0.2, -0.15) is 0 Å². The highest BCUT2D eigenvalue weighted by atomic mass is 32.2. The lowest BCUT2D eigenvalue weighted by Crippen LogP contribution is -2.15. The SMILES string of the molecule is COc1cccc(C2CNc3ccccc3S2)c1. The normalized spacial score (nSPS) is 17.7. The predicted octanol–water partition coefficient (Wildman–Crippen LogP) is 3.95. The van der Waals surface area contributed by atoms with Crippen LogP contribution in [0.1, 0.15) is 10.8 Å². The molecule has 18 heavy (non-hydrogen) atoms. The summed E-state index contributed by atoms with van der Waals surface area (Å²) in [5.41, 5.74) is 2.54. The molecule has 1 aliphatic rings. The highest BCUT2D eigenvalue weighted by Gasteiger charge is 2.20. The van der Waals surface area contributed by atoms with Gasteiger partial charge in [0.1, 0.15) is 5.75 Å². The highest BCUT2D eigenvalue weighted by molar-refractivity contribution is 7.99. The van der Waals surface area contributed by atoms with E-state index in [1.807, 2.05) is 17.8 Å². The Morgan fingerprint density at radius 3 is 2.94 bits per heavy atom. The van der Waals surface area contributed by atoms with E-state index in [1.165, 1.54) is 16.1 Å². The minimum atomic E-state index is 0.440. The van der Waals surface area contributed by atoms with Crippen molar-refractivity contribution >= 4 is 17.4 Å². The Morgan fingerprint density at radius 2 is 2.06 bits per heavy atom. The molecule has 0 fully saturated rings. The number of para-hydroxylation sites is 1. The Balaban J connectivity index is 1.87. The van der Waals surface area contributed by atoms with Crippen molar-refractivity contribution in [3.63, 3.8) is 0 Å². The molecule has 1 atom stereocenters. The summed E-state index contributed by atoms with van der Waals surface area (Å²) in [6.07, 6.45) is 0. The van der Waals surface area contributed by atoms with Crippen LogP contribution in [0.15, 0.2) is 53.4 Å². The quantitative estimate of drug-likeness (QED) is 0.880. The first-order chi connectivity index (χ1) is 8.86. The number of nitrogens with one attached hydrogen (secondary N) is 1. The van der Waals surface area contributed by atoms with Crippen LogP contribution >= 0.6 is 11.8 Å². The van der Waals surface area contributed by atoms with Gasteiger partial charge in [-0.05, 0) is 29.8 Å². The molecule has 0 saturated heterocycles. The number of ether oxygens (including phenoxy) is 1. The molecule has 1 N–H and O–H groups in total. The largest absolute Gasteiger partial charge is 0.497 e. The van der Waals surface area contributed by atoms with Crippen molar-refractivity contribution < 1.29 is 4.74 Å². The molecule has 1 heterocycles. The van der Waals surface area contributed by atoms with Gasteiger partial charge < -0.3 is 10.1 Å². The number of rotatable bonds is 2. The summed E-state index contributed by atoms with van der Waals surface area (Å²) in [7, 11) is 1.71. The number of benzene rings is 2. The molecule has 0 aliphatic carbocycles. The summed E-state index contributed by atoms with van der Waals surface area (Å²) < 4.78 is 5.29. The van der Waals surface area contributed by atoms with Gasteiger partial charge >= 0.3 is 0 Å². The predicted molar refractivity (Wildman–Crippen MR) is 76.5 cm³/mol. The van der Waals surface area contributed by atoms with Crippen LogP contribution in [0.2, 0.25) is 0 Å². The van der Waals surface area contributed by atoms with Gasteiger partial charge in [-0.3, -0.25) is 0 Å². The van der Waals surface area contributed by atoms with Crippen LogP contribution in [0.3, 0.4) is 0 Å². The maximum atomic E-state index is 5.29. The van der Waals surface area contributed by atoms with E-state index in [2.05, 4.69) is 47.8 Å². The van der Waals surface area contributed by atoms with E-state index in [0.29, 0.717) is 5.25 Å². The molecule has 2 aromatic rings. The zero-order valence-corrected chi connectivity index (χ0v) is 11.0. The van der Waals surface area contributed by atoms with E-state index in [9.17, 15) is 0 Å². The van der Waals surface area contributed by atoms with Crippen LogP contribution in [0, 0.1) is 0 Å². The Labute approximate surface area is 111 Å². The molecule has 0 saturated carbocycles. The van der Waals surface area contributed by atoms with Gasteiger partial charge in [0.25, 0.3) is 0 Å². The van der Waals surface area contributed by atoms with Crippen molar-refractivity contribution in [3.8, 4) is 5.75 Å². The number of thioether (sulfide) groups is 1. The first-order valence-electron chi connectivity index (χ1n) is 6.00. The fraction of sp³-hybridized carbons (Fsp3) is 0.200. The summed E-state index contributed by atoms with van der Waals surface area (Å²) in [5.74, 6) is 0.923. The maximum absolute atomic E-state index is 5.29. The van der Waals surface area contributed by atoms with E-state index < -0.39 is 0 Å². The lowest BCUT2D eigenvalue weighted by molar-refractivity contribution is 0.414. The molecule has 0 bridgehead atoms. The topological polar surface area (TPSA) is 21.3 Å². The minimum absolute atomic E-state index is 0.440. The van der Waals surface area contributed by atoms with Crippen LogP contribution in [0.25, 0.3) is 0 Å². The Bertz CT molecular complexity index is 556. The highest BCUT2D eigenvalue weighted by Crippen LogP contribution is 2.43. The number of hydrogen-bond donors (Lipinski definition) is 1. The second-order valence-corrected chi connectivity index (χ2v) is 5.50. The van der Waals surface area contributed by atoms with Gasteiger partial charge in [-0.25, -0.2) is 0 Å². The first-order valence-corrected chi connectivity index (χ1v) is 6.88. The summed E-state index contributed by atoms with van der Waals surface area (Å²) in [5, 5.41) is 3.93. The van der Waals surface area contributed by atoms with Crippen LogP contribution in [0.4, 0.5) is 5.69 Å². The first kappa shape index (κ1) is 11.5. The van der Waals surface area contributed by atoms with Gasteiger partial charge in [0.15, 0.2) is 0 Å². The minimum Gasteiger partial charge on any atom is -0.497 e. The summed E-state index contributed by atoms with van der Waals surface area (Å²) in [6.45, 7) is 0.953. The molecule has 0 amide bonds. The molecule has 3 heteroatoms. The third-order valence-corrected chi connectivity index (χ3v) is 4.43. The lowest BCUT2D eigenvalue weighted by atomic mass is 10.1. The Morgan fingerprint density at radius 1 is 1.17 bits per heavy atom. The average Bonchev–Trinajstić information content (AvgIpc) is 2.47. The monoisotopic (exact) mass is 257 g/mol. The molecular formula is C15H15NOS. The van der Waals surface area contributed by atoms with Gasteiger partial charge in [0.2, 0.25) is 0 Å². The lowest BCUT2D eigenvalue weighted by Gasteiger charge is -2.26. The summed E-state index contributed by atoms with van der Waals surface area (Å²) in [4.78, 5) is 1.32. The van der Waals surface area contributed by atoms with Crippen LogP contribution < -0.4 is 10.1 Å². The van der Waals surface area contributed by atoms with E-state index in [0.717, 1.165) is 12.3 Å². The molecule has 0 radical (unpaired) electrons. The summed E-state index contributed by atoms with van der Waals surface area (Å²) >= 11 is 1.91. The number of hydrogen-bond acceptors (Lipinski definition) is 3. The molecule has 0 spiro atoms. The van der Waals surface area contributed by atoms with Crippen molar-refractivity contribution in [3.05, 3.63) is 54.1 Å². The third kappa shape index (κ3) is 2.18. The van der Waals surface area contributed by atoms with Gasteiger partial charge in [0, 0.05) is 17.1 Å². The Kier molecular flexibility index (Phi) is 3.15. The van der Waals surface area contributed by atoms with Gasteiger partial charge in [0.05, 0.1) is 12.4 Å². The van der Waals surface area contributed by atoms with Crippen molar-refractivity contribution in [1.29, 1.82) is 0 Å². The smallest absolute Gasteiger partial charge is 0.119 e. The van der Waals surface area contributed by atoms with Gasteiger partial charge in [-0.1, -0.05) is 24.3 Å². The Hall–Kier alpha value is -1.61. The number of fused-ring (bicyclic) bond motifs is 1. The van der Waals surface area contributed by atoms with Crippen molar-refractivity contribution in [2.45, 2.75) is 10.1 Å². The fourth-order valence-electron chi connectivity index (χ4n) is 2.14. The van der Waals surface area contributed by atoms with E-state index in [1.54, 1.807) is 7.11 Å². The number of anilines is 1. The molecule has 0 aromatic heterocycles. The van der Waals surface area contributed by atoms with Crippen LogP contribution in [0.5, 0.6) is 5.75 Å². The van der Waals surface area contributed by atoms with E-state index in [4.69, 9.17) is 4.74 Å². The fourth-order valence-corrected chi connectivity index (χ4v) is 3.32. The van der Waals surface area contributed by atoms with Crippen molar-refractivity contribution in [2.24, 2.45) is 0 Å². The maximum Gasteiger partial charge on any atom is 0.119 e. The third-order valence-electron chi connectivity index (χ3n) is 3.10. The van der Waals surface area contributed by atoms with E-state index >= 15 is 0 Å². The van der Waals surface area contributed by atoms with Crippen molar-refractivity contribution in [2.75, 3.05) is 19.0 Å². The molecule has 2 nitrogen and oxygen atoms in total. The molecule has 92 valence electrons. The zero-order valence-electron chi connectivity index (χ0n) is 10.2. The van der Waals surface area contributed by atoms with E-state index in [-0.39, 0.29) is 0 Å². The van der Waals surface area contributed by atoms with Crippen LogP contribution in [-0.2, 0) is 0 Å². The average molecular weight is 257 g/mol. The summed E-state index contributed by atoms with van der Waals surface area (Å²) in [6, 6.07) is 16.8. The molecule has 1 aliphatic heterocycles. The zero-order chi connectivity index (χ0) is 12.4. The second kappa shape index (κ2) is 4.94.